The average molecular weight is 1030 g/mol. The van der Waals surface area contributed by atoms with Gasteiger partial charge in [0, 0.05) is 40.0 Å². The maximum absolute atomic E-state index is 12.7. The van der Waals surface area contributed by atoms with Crippen LogP contribution in [0.1, 0.15) is 10.4 Å². The van der Waals surface area contributed by atoms with Gasteiger partial charge in [-0.2, -0.15) is 0 Å². The minimum atomic E-state index is -1.14. The van der Waals surface area contributed by atoms with Gasteiger partial charge < -0.3 is 14.6 Å². The van der Waals surface area contributed by atoms with Crippen LogP contribution < -0.4 is 5.43 Å². The predicted octanol–water partition coefficient (Wildman–Crippen LogP) is 8.83. The van der Waals surface area contributed by atoms with Gasteiger partial charge >= 0.3 is 5.97 Å². The molecule has 1 aliphatic heterocycles. The molecule has 2 aromatic rings. The second kappa shape index (κ2) is 9.52. The van der Waals surface area contributed by atoms with Crippen LogP contribution in [0.4, 0.5) is 0 Å². The Kier molecular flexibility index (Phi) is 7.61. The summed E-state index contributed by atoms with van der Waals surface area (Å²) < 4.78 is 9.46. The van der Waals surface area contributed by atoms with Crippen LogP contribution in [0.15, 0.2) is 45.3 Å². The molecule has 0 radical (unpaired) electrons. The first-order chi connectivity index (χ1) is 15.0. The van der Waals surface area contributed by atoms with Gasteiger partial charge in [0.1, 0.15) is 9.32 Å². The molecule has 0 atom stereocenters. The monoisotopic (exact) mass is 1020 g/mol. The Bertz CT molecular complexity index is 1520. The molecule has 0 bridgehead atoms. The van der Waals surface area contributed by atoms with E-state index in [4.69, 9.17) is 4.42 Å². The number of carbonyl (C=O) groups is 1. The minimum absolute atomic E-state index is 0.0192. The maximum Gasteiger partial charge on any atom is 0.337 e. The fraction of sp³-hybridized carbons (Fsp3) is 0. The zero-order valence-electron chi connectivity index (χ0n) is 15.0. The molecule has 0 saturated carbocycles. The van der Waals surface area contributed by atoms with Crippen LogP contribution in [0.2, 0.25) is 0 Å². The molecule has 0 aromatic heterocycles. The number of benzene rings is 3. The summed E-state index contributed by atoms with van der Waals surface area (Å²) in [6.45, 7) is 0. The Morgan fingerprint density at radius 3 is 2.16 bits per heavy atom. The molecule has 164 valence electrons. The number of fused-ring (bicyclic) bond motifs is 2. The first-order valence-corrected chi connectivity index (χ1v) is 14.7. The maximum atomic E-state index is 12.7. The minimum Gasteiger partial charge on any atom is -0.507 e. The molecule has 2 N–H and O–H groups in total. The second-order valence-electron chi connectivity index (χ2n) is 6.44. The Morgan fingerprint density at radius 2 is 1.53 bits per heavy atom. The third-order valence-electron chi connectivity index (χ3n) is 4.68. The molecule has 2 aliphatic rings. The standard InChI is InChI=1S/C20H5Br4I3O5/c21-11-9(10(20(30)31)12(22)14(24)13(11)23)8-4-1-2-7(28)15(26)18(4)32-19-5(8)3-6(25)17(29)16(19)27/h1-3,28H,(H,30,31). The largest absolute Gasteiger partial charge is 0.507 e. The Balaban J connectivity index is 2.40. The fourth-order valence-corrected chi connectivity index (χ4v) is 8.15. The van der Waals surface area contributed by atoms with E-state index in [1.165, 1.54) is 6.07 Å². The van der Waals surface area contributed by atoms with Gasteiger partial charge in [-0.3, -0.25) is 4.79 Å². The van der Waals surface area contributed by atoms with Crippen molar-refractivity contribution in [2.24, 2.45) is 0 Å². The highest BCUT2D eigenvalue weighted by atomic mass is 127. The Labute approximate surface area is 255 Å². The summed E-state index contributed by atoms with van der Waals surface area (Å²) in [5.41, 5.74) is 1.74. The lowest BCUT2D eigenvalue weighted by Gasteiger charge is -2.21. The molecule has 5 nitrogen and oxygen atoms in total. The number of phenolic OH excluding ortho intramolecular Hbond substituents is 1. The molecular weight excluding hydrogens is 1020 g/mol. The highest BCUT2D eigenvalue weighted by Crippen LogP contribution is 2.52. The van der Waals surface area contributed by atoms with Crippen LogP contribution in [0.25, 0.3) is 33.4 Å². The third-order valence-corrected chi connectivity index (χ3v) is 12.3. The Morgan fingerprint density at radius 1 is 0.906 bits per heavy atom. The van der Waals surface area contributed by atoms with E-state index in [9.17, 15) is 19.8 Å². The molecule has 0 amide bonds. The van der Waals surface area contributed by atoms with Crippen LogP contribution in [-0.4, -0.2) is 16.2 Å². The van der Waals surface area contributed by atoms with Crippen molar-refractivity contribution in [2.75, 3.05) is 0 Å². The van der Waals surface area contributed by atoms with E-state index in [0.717, 1.165) is 0 Å². The van der Waals surface area contributed by atoms with Gasteiger partial charge in [0.05, 0.1) is 12.7 Å². The highest BCUT2D eigenvalue weighted by molar-refractivity contribution is 14.1. The molecule has 12 heteroatoms. The highest BCUT2D eigenvalue weighted by Gasteiger charge is 2.31. The molecule has 0 unspecified atom stereocenters. The van der Waals surface area contributed by atoms with E-state index in [1.54, 1.807) is 12.1 Å². The zero-order valence-corrected chi connectivity index (χ0v) is 27.8. The molecule has 32 heavy (non-hydrogen) atoms. The first-order valence-electron chi connectivity index (χ1n) is 8.32. The van der Waals surface area contributed by atoms with Crippen molar-refractivity contribution in [1.82, 2.24) is 0 Å². The van der Waals surface area contributed by atoms with Gasteiger partial charge in [-0.25, -0.2) is 4.79 Å². The molecule has 4 rings (SSSR count). The van der Waals surface area contributed by atoms with Gasteiger partial charge in [-0.15, -0.1) is 0 Å². The first kappa shape index (κ1) is 25.6. The van der Waals surface area contributed by atoms with E-state index < -0.39 is 5.97 Å². The van der Waals surface area contributed by atoms with E-state index in [1.807, 2.05) is 67.8 Å². The van der Waals surface area contributed by atoms with Crippen LogP contribution in [-0.2, 0) is 0 Å². The van der Waals surface area contributed by atoms with Crippen molar-refractivity contribution in [3.8, 4) is 28.2 Å². The lowest BCUT2D eigenvalue weighted by Crippen LogP contribution is -2.13. The van der Waals surface area contributed by atoms with Crippen molar-refractivity contribution >= 4 is 148 Å². The van der Waals surface area contributed by atoms with Crippen LogP contribution >= 0.6 is 131 Å². The lowest BCUT2D eigenvalue weighted by atomic mass is 9.90. The zero-order chi connectivity index (χ0) is 23.6. The van der Waals surface area contributed by atoms with Gasteiger partial charge in [0.25, 0.3) is 0 Å². The quantitative estimate of drug-likeness (QED) is 0.0908. The summed E-state index contributed by atoms with van der Waals surface area (Å²) in [4.78, 5) is 25.1. The van der Waals surface area contributed by atoms with E-state index in [0.29, 0.717) is 62.0 Å². The summed E-state index contributed by atoms with van der Waals surface area (Å²) in [7, 11) is 0. The molecule has 0 saturated heterocycles. The molecular formula is C20H5Br4I3O5. The Hall–Kier alpha value is 0.510. The van der Waals surface area contributed by atoms with Gasteiger partial charge in [0.15, 0.2) is 11.3 Å². The topological polar surface area (TPSA) is 87.7 Å². The summed E-state index contributed by atoms with van der Waals surface area (Å²) in [5.74, 6) is -0.799. The van der Waals surface area contributed by atoms with Crippen LogP contribution in [0.5, 0.6) is 5.75 Å². The van der Waals surface area contributed by atoms with Crippen molar-refractivity contribution < 1.29 is 19.4 Å². The number of hydrogen-bond donors (Lipinski definition) is 2. The van der Waals surface area contributed by atoms with Crippen molar-refractivity contribution in [2.45, 2.75) is 0 Å². The van der Waals surface area contributed by atoms with Gasteiger partial charge in [-0.05, 0) is 150 Å². The summed E-state index contributed by atoms with van der Waals surface area (Å²) in [6, 6.07) is 4.91. The summed E-state index contributed by atoms with van der Waals surface area (Å²) in [5, 5.41) is 21.0. The molecule has 0 fully saturated rings. The predicted molar refractivity (Wildman–Crippen MR) is 162 cm³/mol. The van der Waals surface area contributed by atoms with E-state index >= 15 is 0 Å². The summed E-state index contributed by atoms with van der Waals surface area (Å²) in [6.07, 6.45) is 0. The number of rotatable bonds is 2. The lowest BCUT2D eigenvalue weighted by molar-refractivity contribution is 0.0696. The number of carboxylic acids is 1. The van der Waals surface area contributed by atoms with Crippen LogP contribution in [0.3, 0.4) is 0 Å². The smallest absolute Gasteiger partial charge is 0.337 e. The SMILES string of the molecule is O=C(O)c1c(Br)c(Br)c(Br)c(Br)c1-c1c2cc(I)c(=O)c(I)c-2oc2c(I)c(O)ccc12. The van der Waals surface area contributed by atoms with Crippen LogP contribution in [0, 0.1) is 10.7 Å². The number of aromatic carboxylic acids is 1. The van der Waals surface area contributed by atoms with Gasteiger partial charge in [0.2, 0.25) is 5.43 Å². The van der Waals surface area contributed by atoms with Gasteiger partial charge in [-0.1, -0.05) is 0 Å². The van der Waals surface area contributed by atoms with E-state index in [2.05, 4.69) is 63.7 Å². The normalized spacial score (nSPS) is 11.5. The summed E-state index contributed by atoms with van der Waals surface area (Å²) >= 11 is 19.8. The molecule has 1 aliphatic carbocycles. The average Bonchev–Trinajstić information content (AvgIpc) is 2.75. The second-order valence-corrected chi connectivity index (χ2v) is 12.9. The number of aromatic hydroxyl groups is 1. The molecule has 1 heterocycles. The van der Waals surface area contributed by atoms with E-state index in [-0.39, 0.29) is 16.7 Å². The van der Waals surface area contributed by atoms with Crippen molar-refractivity contribution in [3.05, 3.63) is 62.6 Å². The van der Waals surface area contributed by atoms with Crippen molar-refractivity contribution in [1.29, 1.82) is 0 Å². The number of hydrogen-bond acceptors (Lipinski definition) is 4. The number of carboxylic acid groups (broad SMARTS) is 1. The molecule has 2 aromatic carbocycles. The fourth-order valence-electron chi connectivity index (χ4n) is 3.30. The third kappa shape index (κ3) is 4.00. The number of phenols is 1. The number of halogens is 7. The molecule has 0 spiro atoms. The van der Waals surface area contributed by atoms with Crippen molar-refractivity contribution in [3.63, 3.8) is 0 Å².